The molecule has 0 saturated heterocycles. The van der Waals surface area contributed by atoms with Gasteiger partial charge < -0.3 is 36.4 Å². The van der Waals surface area contributed by atoms with Gasteiger partial charge >= 0.3 is 5.97 Å². The standard InChI is InChI=1S/C23H24N2O10/c1-6-9-7(22(33)34)4-5-8(26)11(9)16(27)12-10(6)17(28)14-15(25(2)3)18(29)13(21(24)32)20(31)23(14,35)19(12)30/h4-6,10,14-15,17,26-28,31,35H,1-3H3,(H2,24,32)(H,33,34). The van der Waals surface area contributed by atoms with E-state index in [2.05, 4.69) is 0 Å². The first-order valence-corrected chi connectivity index (χ1v) is 10.6. The van der Waals surface area contributed by atoms with Crippen LogP contribution >= 0.6 is 0 Å². The van der Waals surface area contributed by atoms with E-state index in [-0.39, 0.29) is 16.7 Å². The fraction of sp³-hybridized carbons (Fsp3) is 0.391. The average Bonchev–Trinajstić information content (AvgIpc) is 2.75. The molecule has 0 heterocycles. The van der Waals surface area contributed by atoms with Crippen molar-refractivity contribution in [1.29, 1.82) is 0 Å². The summed E-state index contributed by atoms with van der Waals surface area (Å²) in [4.78, 5) is 51.9. The second-order valence-corrected chi connectivity index (χ2v) is 9.28. The van der Waals surface area contributed by atoms with Crippen molar-refractivity contribution < 1.29 is 49.8 Å². The van der Waals surface area contributed by atoms with E-state index in [1.165, 1.54) is 25.9 Å². The molecule has 6 unspecified atom stereocenters. The molecule has 35 heavy (non-hydrogen) atoms. The van der Waals surface area contributed by atoms with Gasteiger partial charge in [0.1, 0.15) is 22.8 Å². The highest BCUT2D eigenvalue weighted by Gasteiger charge is 2.68. The van der Waals surface area contributed by atoms with Gasteiger partial charge in [0, 0.05) is 11.5 Å². The van der Waals surface area contributed by atoms with Crippen LogP contribution in [0.25, 0.3) is 5.76 Å². The largest absolute Gasteiger partial charge is 0.508 e. The maximum absolute atomic E-state index is 13.8. The molecule has 1 aromatic rings. The molecule has 12 nitrogen and oxygen atoms in total. The molecule has 186 valence electrons. The zero-order chi connectivity index (χ0) is 26.3. The topological polar surface area (TPSA) is 219 Å². The van der Waals surface area contributed by atoms with Crippen LogP contribution in [0.2, 0.25) is 0 Å². The number of hydrogen-bond donors (Lipinski definition) is 7. The number of Topliss-reactive ketones (excluding diaryl/α,β-unsaturated/α-hetero) is 2. The molecule has 1 aromatic carbocycles. The predicted octanol–water partition coefficient (Wildman–Crippen LogP) is -0.806. The zero-order valence-electron chi connectivity index (χ0n) is 18.9. The minimum atomic E-state index is -3.02. The number of aromatic carboxylic acids is 1. The number of nitrogens with two attached hydrogens (primary N) is 1. The van der Waals surface area contributed by atoms with Crippen LogP contribution in [0.3, 0.4) is 0 Å². The molecular formula is C23H24N2O10. The summed E-state index contributed by atoms with van der Waals surface area (Å²) in [5, 5.41) is 64.9. The first-order chi connectivity index (χ1) is 16.2. The number of carbonyl (C=O) groups is 4. The summed E-state index contributed by atoms with van der Waals surface area (Å²) in [6, 6.07) is 0.633. The van der Waals surface area contributed by atoms with E-state index >= 15 is 0 Å². The normalized spacial score (nSPS) is 32.3. The fourth-order valence-corrected chi connectivity index (χ4v) is 5.88. The van der Waals surface area contributed by atoms with Crippen molar-refractivity contribution in [1.82, 2.24) is 4.90 Å². The summed E-state index contributed by atoms with van der Waals surface area (Å²) < 4.78 is 0. The molecule has 0 bridgehead atoms. The van der Waals surface area contributed by atoms with Crippen LogP contribution in [-0.2, 0) is 14.4 Å². The van der Waals surface area contributed by atoms with Crippen LogP contribution in [0.1, 0.15) is 34.3 Å². The molecule has 0 aliphatic heterocycles. The van der Waals surface area contributed by atoms with Crippen molar-refractivity contribution in [3.63, 3.8) is 0 Å². The number of benzene rings is 1. The Labute approximate surface area is 198 Å². The first-order valence-electron chi connectivity index (χ1n) is 10.6. The van der Waals surface area contributed by atoms with Gasteiger partial charge in [-0.25, -0.2) is 4.79 Å². The molecule has 1 saturated carbocycles. The minimum Gasteiger partial charge on any atom is -0.508 e. The van der Waals surface area contributed by atoms with Crippen molar-refractivity contribution >= 4 is 29.2 Å². The molecule has 0 radical (unpaired) electrons. The third-order valence-electron chi connectivity index (χ3n) is 7.34. The Kier molecular flexibility index (Phi) is 5.32. The third kappa shape index (κ3) is 2.90. The maximum atomic E-state index is 13.8. The van der Waals surface area contributed by atoms with Gasteiger partial charge in [0.15, 0.2) is 11.4 Å². The van der Waals surface area contributed by atoms with Gasteiger partial charge in [-0.1, -0.05) is 6.92 Å². The van der Waals surface area contributed by atoms with E-state index in [9.17, 15) is 49.8 Å². The molecule has 12 heteroatoms. The van der Waals surface area contributed by atoms with Gasteiger partial charge in [0.2, 0.25) is 5.78 Å². The second-order valence-electron chi connectivity index (χ2n) is 9.28. The van der Waals surface area contributed by atoms with Crippen molar-refractivity contribution in [2.75, 3.05) is 14.1 Å². The van der Waals surface area contributed by atoms with Crippen molar-refractivity contribution in [2.45, 2.75) is 30.6 Å². The average molecular weight is 488 g/mol. The minimum absolute atomic E-state index is 0.0535. The summed E-state index contributed by atoms with van der Waals surface area (Å²) in [6.45, 7) is 1.46. The summed E-state index contributed by atoms with van der Waals surface area (Å²) >= 11 is 0. The van der Waals surface area contributed by atoms with Gasteiger partial charge in [-0.05, 0) is 37.7 Å². The molecule has 0 aromatic heterocycles. The number of carboxylic acids is 1. The molecule has 1 fully saturated rings. The highest BCUT2D eigenvalue weighted by molar-refractivity contribution is 6.24. The van der Waals surface area contributed by atoms with Gasteiger partial charge in [-0.3, -0.25) is 19.3 Å². The molecule has 4 rings (SSSR count). The van der Waals surface area contributed by atoms with Crippen LogP contribution in [-0.4, -0.2) is 90.8 Å². The molecule has 6 atom stereocenters. The van der Waals surface area contributed by atoms with Gasteiger partial charge in [-0.15, -0.1) is 0 Å². The van der Waals surface area contributed by atoms with E-state index in [4.69, 9.17) is 5.73 Å². The van der Waals surface area contributed by atoms with E-state index in [1.807, 2.05) is 0 Å². The maximum Gasteiger partial charge on any atom is 0.336 e. The Morgan fingerprint density at radius 1 is 1.11 bits per heavy atom. The van der Waals surface area contributed by atoms with Crippen molar-refractivity contribution in [3.8, 4) is 5.75 Å². The van der Waals surface area contributed by atoms with Gasteiger partial charge in [0.25, 0.3) is 5.91 Å². The number of aliphatic hydroxyl groups is 4. The Balaban J connectivity index is 2.10. The van der Waals surface area contributed by atoms with E-state index in [0.717, 1.165) is 12.1 Å². The number of carboxylic acid groups (broad SMARTS) is 1. The number of phenols is 1. The smallest absolute Gasteiger partial charge is 0.336 e. The monoisotopic (exact) mass is 488 g/mol. The number of aliphatic hydroxyl groups excluding tert-OH is 3. The highest BCUT2D eigenvalue weighted by Crippen LogP contribution is 2.56. The summed E-state index contributed by atoms with van der Waals surface area (Å²) in [5.74, 6) is -12.0. The van der Waals surface area contributed by atoms with Gasteiger partial charge in [0.05, 0.1) is 29.2 Å². The lowest BCUT2D eigenvalue weighted by atomic mass is 9.54. The fourth-order valence-electron chi connectivity index (χ4n) is 5.88. The number of ketones is 2. The first kappa shape index (κ1) is 24.4. The number of nitrogens with zero attached hydrogens (tertiary/aromatic N) is 1. The number of rotatable bonds is 3. The summed E-state index contributed by atoms with van der Waals surface area (Å²) in [6.07, 6.45) is -1.80. The van der Waals surface area contributed by atoms with Crippen molar-refractivity contribution in [3.05, 3.63) is 45.7 Å². The molecular weight excluding hydrogens is 464 g/mol. The number of likely N-dealkylation sites (N-methyl/N-ethyl adjacent to an activating group) is 1. The lowest BCUT2D eigenvalue weighted by Crippen LogP contribution is -2.70. The van der Waals surface area contributed by atoms with Crippen LogP contribution in [0.5, 0.6) is 5.75 Å². The van der Waals surface area contributed by atoms with Crippen LogP contribution in [0.4, 0.5) is 0 Å². The Hall–Kier alpha value is -3.74. The Morgan fingerprint density at radius 2 is 1.71 bits per heavy atom. The Morgan fingerprint density at radius 3 is 2.23 bits per heavy atom. The number of carbonyl (C=O) groups excluding carboxylic acids is 3. The van der Waals surface area contributed by atoms with Crippen LogP contribution in [0.15, 0.2) is 29.0 Å². The summed E-state index contributed by atoms with van der Waals surface area (Å²) in [5.41, 5.74) is -0.0941. The number of fused-ring (bicyclic) bond motifs is 3. The second kappa shape index (κ2) is 7.63. The van der Waals surface area contributed by atoms with E-state index in [0.29, 0.717) is 0 Å². The van der Waals surface area contributed by atoms with Crippen LogP contribution < -0.4 is 5.73 Å². The number of phenolic OH excluding ortho intramolecular Hbond substituents is 1. The molecule has 0 spiro atoms. The molecule has 1 amide bonds. The lowest BCUT2D eigenvalue weighted by Gasteiger charge is -2.53. The van der Waals surface area contributed by atoms with E-state index < -0.39 is 87.4 Å². The zero-order valence-corrected chi connectivity index (χ0v) is 18.9. The predicted molar refractivity (Wildman–Crippen MR) is 117 cm³/mol. The SMILES string of the molecule is CC1c2c(C(=O)O)ccc(O)c2C(O)=C2C(=O)C3(O)C(O)=C(C(N)=O)C(=O)C(N(C)C)C3C(O)C21. The molecule has 8 N–H and O–H groups in total. The summed E-state index contributed by atoms with van der Waals surface area (Å²) in [7, 11) is 2.79. The molecule has 3 aliphatic carbocycles. The Bertz CT molecular complexity index is 1280. The quantitative estimate of drug-likeness (QED) is 0.261. The van der Waals surface area contributed by atoms with E-state index in [1.54, 1.807) is 0 Å². The third-order valence-corrected chi connectivity index (χ3v) is 7.34. The molecule has 3 aliphatic rings. The number of hydrogen-bond acceptors (Lipinski definition) is 10. The van der Waals surface area contributed by atoms with Crippen LogP contribution in [0, 0.1) is 11.8 Å². The lowest BCUT2D eigenvalue weighted by molar-refractivity contribution is -0.169. The van der Waals surface area contributed by atoms with Gasteiger partial charge in [-0.2, -0.15) is 0 Å². The number of aromatic hydroxyl groups is 1. The highest BCUT2D eigenvalue weighted by atomic mass is 16.4. The number of amides is 1. The van der Waals surface area contributed by atoms with Crippen molar-refractivity contribution in [2.24, 2.45) is 17.6 Å². The number of primary amides is 1.